The molecule has 2 heterocycles. The van der Waals surface area contributed by atoms with E-state index in [1.165, 1.54) is 30.1 Å². The lowest BCUT2D eigenvalue weighted by atomic mass is 10.3. The first-order valence-electron chi connectivity index (χ1n) is 5.56. The van der Waals surface area contributed by atoms with Crippen molar-refractivity contribution in [1.29, 1.82) is 0 Å². The Bertz CT molecular complexity index is 669. The van der Waals surface area contributed by atoms with Crippen LogP contribution in [-0.2, 0) is 6.42 Å². The molecule has 0 spiro atoms. The number of nitrogens with one attached hydrogen (secondary N) is 1. The van der Waals surface area contributed by atoms with Gasteiger partial charge in [0.15, 0.2) is 0 Å². The number of aromatic carboxylic acids is 1. The highest BCUT2D eigenvalue weighted by Crippen LogP contribution is 2.25. The Morgan fingerprint density at radius 2 is 2.26 bits per heavy atom. The van der Waals surface area contributed by atoms with E-state index >= 15 is 0 Å². The number of carbonyl (C=O) groups is 1. The number of rotatable bonds is 4. The van der Waals surface area contributed by atoms with E-state index in [0.29, 0.717) is 22.2 Å². The van der Waals surface area contributed by atoms with Crippen LogP contribution in [0.3, 0.4) is 0 Å². The smallest absolute Gasteiger partial charge is 0.354 e. The van der Waals surface area contributed by atoms with Gasteiger partial charge in [-0.25, -0.2) is 14.8 Å². The quantitative estimate of drug-likeness (QED) is 0.824. The van der Waals surface area contributed by atoms with Gasteiger partial charge in [0, 0.05) is 23.6 Å². The SMILES string of the molecule is CCc1nc(Sc2ccnc(C(=O)O)c2)cc(=O)[nH]1. The predicted octanol–water partition coefficient (Wildman–Crippen LogP) is 1.58. The van der Waals surface area contributed by atoms with E-state index in [4.69, 9.17) is 5.11 Å². The summed E-state index contributed by atoms with van der Waals surface area (Å²) in [5, 5.41) is 9.39. The fourth-order valence-corrected chi connectivity index (χ4v) is 2.28. The number of hydrogen-bond donors (Lipinski definition) is 2. The number of pyridine rings is 1. The van der Waals surface area contributed by atoms with Gasteiger partial charge in [0.05, 0.1) is 0 Å². The molecule has 0 saturated carbocycles. The highest BCUT2D eigenvalue weighted by atomic mass is 32.2. The molecule has 7 heteroatoms. The topological polar surface area (TPSA) is 95.9 Å². The third kappa shape index (κ3) is 3.41. The Labute approximate surface area is 112 Å². The molecule has 19 heavy (non-hydrogen) atoms. The Balaban J connectivity index is 2.30. The van der Waals surface area contributed by atoms with Crippen LogP contribution in [0.4, 0.5) is 0 Å². The van der Waals surface area contributed by atoms with E-state index in [9.17, 15) is 9.59 Å². The molecule has 2 aromatic heterocycles. The maximum absolute atomic E-state index is 11.4. The van der Waals surface area contributed by atoms with Crippen molar-refractivity contribution in [1.82, 2.24) is 15.0 Å². The summed E-state index contributed by atoms with van der Waals surface area (Å²) in [6.07, 6.45) is 2.04. The zero-order chi connectivity index (χ0) is 13.8. The van der Waals surface area contributed by atoms with Crippen molar-refractivity contribution in [2.75, 3.05) is 0 Å². The first-order chi connectivity index (χ1) is 9.08. The molecule has 0 saturated heterocycles. The van der Waals surface area contributed by atoms with Crippen molar-refractivity contribution in [2.24, 2.45) is 0 Å². The zero-order valence-corrected chi connectivity index (χ0v) is 10.9. The summed E-state index contributed by atoms with van der Waals surface area (Å²) in [5.41, 5.74) is -0.257. The minimum absolute atomic E-state index is 0.0365. The van der Waals surface area contributed by atoms with Crippen LogP contribution in [0.5, 0.6) is 0 Å². The molecule has 0 aromatic carbocycles. The fraction of sp³-hybridized carbons (Fsp3) is 0.167. The number of aromatic nitrogens is 3. The van der Waals surface area contributed by atoms with Crippen LogP contribution in [0.1, 0.15) is 23.2 Å². The van der Waals surface area contributed by atoms with E-state index < -0.39 is 5.97 Å². The lowest BCUT2D eigenvalue weighted by Gasteiger charge is -2.03. The molecule has 2 aromatic rings. The Morgan fingerprint density at radius 3 is 2.95 bits per heavy atom. The van der Waals surface area contributed by atoms with Crippen molar-refractivity contribution in [2.45, 2.75) is 23.3 Å². The van der Waals surface area contributed by atoms with E-state index in [1.807, 2.05) is 6.92 Å². The van der Waals surface area contributed by atoms with Crippen LogP contribution < -0.4 is 5.56 Å². The van der Waals surface area contributed by atoms with Gasteiger partial charge < -0.3 is 10.1 Å². The second-order valence-electron chi connectivity index (χ2n) is 3.67. The molecule has 0 fully saturated rings. The number of aryl methyl sites for hydroxylation is 1. The van der Waals surface area contributed by atoms with Gasteiger partial charge in [0.2, 0.25) is 0 Å². The normalized spacial score (nSPS) is 10.4. The second kappa shape index (κ2) is 5.66. The number of aromatic amines is 1. The van der Waals surface area contributed by atoms with Crippen LogP contribution in [0.15, 0.2) is 39.1 Å². The van der Waals surface area contributed by atoms with Crippen molar-refractivity contribution in [3.8, 4) is 0 Å². The fourth-order valence-electron chi connectivity index (χ4n) is 1.42. The number of nitrogens with zero attached hydrogens (tertiary/aromatic N) is 2. The third-order valence-corrected chi connectivity index (χ3v) is 3.18. The van der Waals surface area contributed by atoms with Gasteiger partial charge in [-0.15, -0.1) is 0 Å². The summed E-state index contributed by atoms with van der Waals surface area (Å²) in [6, 6.07) is 4.50. The highest BCUT2D eigenvalue weighted by Gasteiger charge is 2.07. The van der Waals surface area contributed by atoms with Crippen LogP contribution in [-0.4, -0.2) is 26.0 Å². The maximum Gasteiger partial charge on any atom is 0.354 e. The van der Waals surface area contributed by atoms with Crippen LogP contribution in [0.2, 0.25) is 0 Å². The molecule has 0 aliphatic heterocycles. The Kier molecular flexibility index (Phi) is 3.96. The van der Waals surface area contributed by atoms with Gasteiger partial charge in [-0.05, 0) is 12.1 Å². The van der Waals surface area contributed by atoms with E-state index in [1.54, 1.807) is 6.07 Å². The summed E-state index contributed by atoms with van der Waals surface area (Å²) in [5.74, 6) is -0.488. The van der Waals surface area contributed by atoms with Crippen molar-refractivity contribution >= 4 is 17.7 Å². The van der Waals surface area contributed by atoms with Gasteiger partial charge in [-0.3, -0.25) is 4.79 Å². The first kappa shape index (κ1) is 13.3. The molecular weight excluding hydrogens is 266 g/mol. The van der Waals surface area contributed by atoms with Crippen LogP contribution in [0, 0.1) is 0 Å². The largest absolute Gasteiger partial charge is 0.477 e. The summed E-state index contributed by atoms with van der Waals surface area (Å²) in [4.78, 5) is 33.5. The van der Waals surface area contributed by atoms with E-state index in [-0.39, 0.29) is 11.3 Å². The maximum atomic E-state index is 11.4. The van der Waals surface area contributed by atoms with E-state index in [2.05, 4.69) is 15.0 Å². The molecule has 0 aliphatic rings. The van der Waals surface area contributed by atoms with Crippen molar-refractivity contribution < 1.29 is 9.90 Å². The minimum Gasteiger partial charge on any atom is -0.477 e. The Hall–Kier alpha value is -2.15. The average molecular weight is 277 g/mol. The zero-order valence-electron chi connectivity index (χ0n) is 10.1. The van der Waals surface area contributed by atoms with Gasteiger partial charge in [0.1, 0.15) is 16.5 Å². The van der Waals surface area contributed by atoms with Gasteiger partial charge >= 0.3 is 5.97 Å². The summed E-state index contributed by atoms with van der Waals surface area (Å²) >= 11 is 1.23. The molecule has 2 rings (SSSR count). The molecule has 0 aliphatic carbocycles. The standard InChI is InChI=1S/C12H11N3O3S/c1-2-9-14-10(16)6-11(15-9)19-7-3-4-13-8(5-7)12(17)18/h3-6H,2H2,1H3,(H,17,18)(H,14,15,16). The molecule has 98 valence electrons. The third-order valence-electron chi connectivity index (χ3n) is 2.28. The number of hydrogen-bond acceptors (Lipinski definition) is 5. The van der Waals surface area contributed by atoms with Gasteiger partial charge in [-0.1, -0.05) is 18.7 Å². The second-order valence-corrected chi connectivity index (χ2v) is 4.76. The molecule has 0 amide bonds. The lowest BCUT2D eigenvalue weighted by Crippen LogP contribution is -2.10. The first-order valence-corrected chi connectivity index (χ1v) is 6.37. The molecular formula is C12H11N3O3S. The summed E-state index contributed by atoms with van der Waals surface area (Å²) < 4.78 is 0. The highest BCUT2D eigenvalue weighted by molar-refractivity contribution is 7.99. The molecule has 0 atom stereocenters. The van der Waals surface area contributed by atoms with E-state index in [0.717, 1.165) is 0 Å². The predicted molar refractivity (Wildman–Crippen MR) is 69.6 cm³/mol. The molecule has 0 radical (unpaired) electrons. The number of H-pyrrole nitrogens is 1. The van der Waals surface area contributed by atoms with Crippen LogP contribution in [0.25, 0.3) is 0 Å². The average Bonchev–Trinajstić information content (AvgIpc) is 2.38. The minimum atomic E-state index is -1.09. The monoisotopic (exact) mass is 277 g/mol. The number of carboxylic acid groups (broad SMARTS) is 1. The van der Waals surface area contributed by atoms with Gasteiger partial charge in [-0.2, -0.15) is 0 Å². The van der Waals surface area contributed by atoms with Crippen molar-refractivity contribution in [3.05, 3.63) is 46.3 Å². The van der Waals surface area contributed by atoms with Gasteiger partial charge in [0.25, 0.3) is 5.56 Å². The summed E-state index contributed by atoms with van der Waals surface area (Å²) in [7, 11) is 0. The summed E-state index contributed by atoms with van der Waals surface area (Å²) in [6.45, 7) is 1.89. The van der Waals surface area contributed by atoms with Crippen LogP contribution >= 0.6 is 11.8 Å². The van der Waals surface area contributed by atoms with Crippen molar-refractivity contribution in [3.63, 3.8) is 0 Å². The molecule has 6 nitrogen and oxygen atoms in total. The number of carboxylic acids is 1. The Morgan fingerprint density at radius 1 is 1.47 bits per heavy atom. The lowest BCUT2D eigenvalue weighted by molar-refractivity contribution is 0.0690. The molecule has 0 unspecified atom stereocenters. The molecule has 2 N–H and O–H groups in total. The molecule has 0 bridgehead atoms.